The van der Waals surface area contributed by atoms with Gasteiger partial charge in [-0.2, -0.15) is 0 Å². The summed E-state index contributed by atoms with van der Waals surface area (Å²) < 4.78 is 37.9. The maximum atomic E-state index is 12.9. The summed E-state index contributed by atoms with van der Waals surface area (Å²) in [5.74, 6) is -1.17. The fraction of sp³-hybridized carbons (Fsp3) is 0.0625. The third kappa shape index (κ3) is 3.29. The van der Waals surface area contributed by atoms with Crippen LogP contribution >= 0.6 is 0 Å². The number of benzene rings is 2. The molecule has 4 nitrogen and oxygen atoms in total. The quantitative estimate of drug-likeness (QED) is 0.878. The minimum atomic E-state index is -1.50. The molecular formula is C16H12F2N2O2S. The summed E-state index contributed by atoms with van der Waals surface area (Å²) in [6.45, 7) is 0. The molecule has 0 radical (unpaired) electrons. The van der Waals surface area contributed by atoms with Crippen LogP contribution < -0.4 is 10.2 Å². The molecule has 3 rings (SSSR count). The molecule has 0 aliphatic carbocycles. The predicted octanol–water partition coefficient (Wildman–Crippen LogP) is 2.97. The number of carbonyl (C=O) groups excluding carboxylic acids is 1. The van der Waals surface area contributed by atoms with E-state index < -0.39 is 22.5 Å². The highest BCUT2D eigenvalue weighted by molar-refractivity contribution is 7.90. The van der Waals surface area contributed by atoms with E-state index in [0.29, 0.717) is 11.4 Å². The van der Waals surface area contributed by atoms with Gasteiger partial charge in [0.1, 0.15) is 22.4 Å². The Kier molecular flexibility index (Phi) is 4.20. The second-order valence-corrected chi connectivity index (χ2v) is 6.23. The van der Waals surface area contributed by atoms with Crippen LogP contribution in [0.1, 0.15) is 0 Å². The molecule has 1 fully saturated rings. The van der Waals surface area contributed by atoms with Crippen molar-refractivity contribution in [2.75, 3.05) is 16.1 Å². The predicted molar refractivity (Wildman–Crippen MR) is 85.0 cm³/mol. The molecule has 0 bridgehead atoms. The molecule has 1 aliphatic rings. The highest BCUT2D eigenvalue weighted by atomic mass is 32.2. The van der Waals surface area contributed by atoms with Crippen LogP contribution in [0.3, 0.4) is 0 Å². The van der Waals surface area contributed by atoms with Crippen molar-refractivity contribution in [3.63, 3.8) is 0 Å². The molecule has 2 aromatic carbocycles. The van der Waals surface area contributed by atoms with Crippen molar-refractivity contribution < 1.29 is 17.8 Å². The molecule has 1 amide bonds. The highest BCUT2D eigenvalue weighted by Gasteiger charge is 2.33. The lowest BCUT2D eigenvalue weighted by Crippen LogP contribution is -2.24. The molecule has 1 aliphatic heterocycles. The first kappa shape index (κ1) is 15.4. The van der Waals surface area contributed by atoms with Crippen LogP contribution in [-0.2, 0) is 15.6 Å². The van der Waals surface area contributed by atoms with E-state index in [1.807, 2.05) is 0 Å². The van der Waals surface area contributed by atoms with Crippen molar-refractivity contribution in [2.45, 2.75) is 0 Å². The zero-order chi connectivity index (χ0) is 16.4. The van der Waals surface area contributed by atoms with Crippen molar-refractivity contribution in [1.29, 1.82) is 0 Å². The van der Waals surface area contributed by atoms with E-state index in [2.05, 4.69) is 5.32 Å². The lowest BCUT2D eigenvalue weighted by Gasteiger charge is -2.13. The number of nitrogens with zero attached hydrogens (tertiary/aromatic N) is 1. The maximum absolute atomic E-state index is 12.9. The van der Waals surface area contributed by atoms with Crippen LogP contribution in [0.25, 0.3) is 0 Å². The third-order valence-corrected chi connectivity index (χ3v) is 4.58. The molecule has 1 heterocycles. The number of amides is 1. The van der Waals surface area contributed by atoms with Crippen molar-refractivity contribution in [3.8, 4) is 0 Å². The SMILES string of the molecule is O=C1C(=CNc2ccc(F)cc2)S(=O)CN1c1ccc(F)cc1. The average Bonchev–Trinajstić information content (AvgIpc) is 2.82. The molecule has 118 valence electrons. The van der Waals surface area contributed by atoms with Crippen LogP contribution in [0.5, 0.6) is 0 Å². The normalized spacial score (nSPS) is 19.4. The first-order valence-corrected chi connectivity index (χ1v) is 8.04. The molecule has 0 aromatic heterocycles. The fourth-order valence-corrected chi connectivity index (χ4v) is 3.25. The van der Waals surface area contributed by atoms with Gasteiger partial charge < -0.3 is 5.32 Å². The van der Waals surface area contributed by atoms with Crippen LogP contribution in [0.4, 0.5) is 20.2 Å². The number of rotatable bonds is 3. The Hall–Kier alpha value is -2.54. The Balaban J connectivity index is 1.79. The van der Waals surface area contributed by atoms with Gasteiger partial charge in [-0.3, -0.25) is 13.9 Å². The van der Waals surface area contributed by atoms with E-state index in [9.17, 15) is 17.8 Å². The molecule has 23 heavy (non-hydrogen) atoms. The van der Waals surface area contributed by atoms with E-state index in [4.69, 9.17) is 0 Å². The van der Waals surface area contributed by atoms with Gasteiger partial charge in [0.15, 0.2) is 0 Å². The molecule has 0 spiro atoms. The van der Waals surface area contributed by atoms with Gasteiger partial charge in [0.25, 0.3) is 5.91 Å². The van der Waals surface area contributed by atoms with E-state index in [0.717, 1.165) is 0 Å². The lowest BCUT2D eigenvalue weighted by molar-refractivity contribution is -0.114. The number of nitrogens with one attached hydrogen (secondary N) is 1. The topological polar surface area (TPSA) is 49.4 Å². The van der Waals surface area contributed by atoms with Crippen molar-refractivity contribution >= 4 is 28.1 Å². The zero-order valence-electron chi connectivity index (χ0n) is 11.8. The van der Waals surface area contributed by atoms with E-state index in [1.54, 1.807) is 0 Å². The van der Waals surface area contributed by atoms with Gasteiger partial charge >= 0.3 is 0 Å². The van der Waals surface area contributed by atoms with Gasteiger partial charge in [0, 0.05) is 17.6 Å². The summed E-state index contributed by atoms with van der Waals surface area (Å²) in [4.78, 5) is 13.8. The molecule has 2 aromatic rings. The second kappa shape index (κ2) is 6.29. The van der Waals surface area contributed by atoms with Gasteiger partial charge in [0.05, 0.1) is 10.8 Å². The van der Waals surface area contributed by atoms with Crippen molar-refractivity contribution in [3.05, 3.63) is 71.3 Å². The summed E-state index contributed by atoms with van der Waals surface area (Å²) in [5, 5.41) is 2.83. The van der Waals surface area contributed by atoms with Crippen LogP contribution in [0.2, 0.25) is 0 Å². The Morgan fingerprint density at radius 3 is 2.17 bits per heavy atom. The third-order valence-electron chi connectivity index (χ3n) is 3.30. The van der Waals surface area contributed by atoms with Crippen LogP contribution in [0, 0.1) is 11.6 Å². The second-order valence-electron chi connectivity index (χ2n) is 4.84. The molecular weight excluding hydrogens is 322 g/mol. The van der Waals surface area contributed by atoms with Gasteiger partial charge in [0.2, 0.25) is 0 Å². The van der Waals surface area contributed by atoms with Gasteiger partial charge in [-0.05, 0) is 48.5 Å². The molecule has 1 saturated heterocycles. The first-order chi connectivity index (χ1) is 11.0. The summed E-state index contributed by atoms with van der Waals surface area (Å²) in [6, 6.07) is 11.0. The number of halogens is 2. The van der Waals surface area contributed by atoms with E-state index in [1.165, 1.54) is 59.6 Å². The summed E-state index contributed by atoms with van der Waals surface area (Å²) >= 11 is 0. The number of hydrogen-bond acceptors (Lipinski definition) is 3. The zero-order valence-corrected chi connectivity index (χ0v) is 12.6. The molecule has 1 unspecified atom stereocenters. The van der Waals surface area contributed by atoms with Gasteiger partial charge in [-0.15, -0.1) is 0 Å². The van der Waals surface area contributed by atoms with Crippen molar-refractivity contribution in [2.24, 2.45) is 0 Å². The fourth-order valence-electron chi connectivity index (χ4n) is 2.11. The number of anilines is 2. The number of hydrogen-bond donors (Lipinski definition) is 1. The van der Waals surface area contributed by atoms with Crippen LogP contribution in [0.15, 0.2) is 59.6 Å². The minimum Gasteiger partial charge on any atom is -0.360 e. The first-order valence-electron chi connectivity index (χ1n) is 6.73. The van der Waals surface area contributed by atoms with Gasteiger partial charge in [-0.25, -0.2) is 8.78 Å². The largest absolute Gasteiger partial charge is 0.360 e. The Morgan fingerprint density at radius 1 is 1.00 bits per heavy atom. The average molecular weight is 334 g/mol. The minimum absolute atomic E-state index is 0.0153. The molecule has 0 saturated carbocycles. The maximum Gasteiger partial charge on any atom is 0.269 e. The smallest absolute Gasteiger partial charge is 0.269 e. The van der Waals surface area contributed by atoms with E-state index in [-0.39, 0.29) is 16.6 Å². The Bertz CT molecular complexity index is 789. The Labute approximate surface area is 133 Å². The lowest BCUT2D eigenvalue weighted by atomic mass is 10.3. The summed E-state index contributed by atoms with van der Waals surface area (Å²) in [6.07, 6.45) is 1.36. The molecule has 1 N–H and O–H groups in total. The van der Waals surface area contributed by atoms with Crippen LogP contribution in [-0.4, -0.2) is 16.0 Å². The summed E-state index contributed by atoms with van der Waals surface area (Å²) in [5.41, 5.74) is 1.05. The Morgan fingerprint density at radius 2 is 1.57 bits per heavy atom. The number of carbonyl (C=O) groups is 1. The van der Waals surface area contributed by atoms with E-state index >= 15 is 0 Å². The summed E-state index contributed by atoms with van der Waals surface area (Å²) in [7, 11) is -1.50. The standard InChI is InChI=1S/C16H12F2N2O2S/c17-11-1-5-13(6-2-11)19-9-15-16(21)20(10-23(15)22)14-7-3-12(18)4-8-14/h1-9,19H,10H2. The molecule has 1 atom stereocenters. The van der Waals surface area contributed by atoms with Gasteiger partial charge in [-0.1, -0.05) is 0 Å². The van der Waals surface area contributed by atoms with Crippen molar-refractivity contribution in [1.82, 2.24) is 0 Å². The molecule has 7 heteroatoms. The monoisotopic (exact) mass is 334 g/mol. The highest BCUT2D eigenvalue weighted by Crippen LogP contribution is 2.25.